The maximum atomic E-state index is 4.23. The minimum absolute atomic E-state index is 0.891. The van der Waals surface area contributed by atoms with Gasteiger partial charge in [0.05, 0.1) is 21.7 Å². The van der Waals surface area contributed by atoms with Crippen molar-refractivity contribution >= 4 is 32.9 Å². The Morgan fingerprint density at radius 1 is 1.42 bits per heavy atom. The maximum Gasteiger partial charge on any atom is 0.156 e. The van der Waals surface area contributed by atoms with Gasteiger partial charge in [-0.2, -0.15) is 3.71 Å². The van der Waals surface area contributed by atoms with Gasteiger partial charge in [-0.25, -0.2) is 0 Å². The molecular formula is C8H8BrN3. The minimum Gasteiger partial charge on any atom is -0.371 e. The van der Waals surface area contributed by atoms with E-state index in [4.69, 9.17) is 0 Å². The van der Waals surface area contributed by atoms with Crippen molar-refractivity contribution in [2.75, 3.05) is 12.4 Å². The number of anilines is 1. The number of para-hydroxylation sites is 1. The molecule has 2 rings (SSSR count). The Kier molecular flexibility index (Phi) is 1.77. The van der Waals surface area contributed by atoms with E-state index in [9.17, 15) is 0 Å². The quantitative estimate of drug-likeness (QED) is 0.807. The topological polar surface area (TPSA) is 29.9 Å². The summed E-state index contributed by atoms with van der Waals surface area (Å²) < 4.78 is 1.69. The van der Waals surface area contributed by atoms with E-state index in [0.717, 1.165) is 16.7 Å². The molecule has 0 spiro atoms. The summed E-state index contributed by atoms with van der Waals surface area (Å²) >= 11 is 3.32. The molecule has 0 fully saturated rings. The predicted molar refractivity (Wildman–Crippen MR) is 53.6 cm³/mol. The van der Waals surface area contributed by atoms with Crippen molar-refractivity contribution in [3.05, 3.63) is 24.3 Å². The standard InChI is InChI=1S/C8H8BrN3/c1-10-8-6-4-2-3-5-7(6)12(9)11-8/h2-5H,1H3,(H,10,11). The zero-order chi connectivity index (χ0) is 8.55. The molecule has 0 bridgehead atoms. The highest BCUT2D eigenvalue weighted by Crippen LogP contribution is 2.22. The van der Waals surface area contributed by atoms with Crippen LogP contribution in [0.2, 0.25) is 0 Å². The van der Waals surface area contributed by atoms with E-state index >= 15 is 0 Å². The Bertz CT molecular complexity index is 408. The lowest BCUT2D eigenvalue weighted by Crippen LogP contribution is -1.88. The van der Waals surface area contributed by atoms with Crippen molar-refractivity contribution in [1.82, 2.24) is 8.81 Å². The molecule has 0 amide bonds. The van der Waals surface area contributed by atoms with Gasteiger partial charge in [-0.05, 0) is 12.1 Å². The Labute approximate surface area is 78.7 Å². The fourth-order valence-corrected chi connectivity index (χ4v) is 1.68. The molecule has 0 aliphatic rings. The van der Waals surface area contributed by atoms with E-state index in [1.807, 2.05) is 31.3 Å². The molecule has 62 valence electrons. The summed E-state index contributed by atoms with van der Waals surface area (Å²) in [6.45, 7) is 0. The molecule has 0 atom stereocenters. The molecule has 1 N–H and O–H groups in total. The van der Waals surface area contributed by atoms with Gasteiger partial charge in [0, 0.05) is 12.4 Å². The van der Waals surface area contributed by atoms with E-state index < -0.39 is 0 Å². The summed E-state index contributed by atoms with van der Waals surface area (Å²) in [7, 11) is 1.86. The van der Waals surface area contributed by atoms with Crippen LogP contribution in [0.5, 0.6) is 0 Å². The lowest BCUT2D eigenvalue weighted by molar-refractivity contribution is 1.06. The van der Waals surface area contributed by atoms with E-state index in [-0.39, 0.29) is 0 Å². The van der Waals surface area contributed by atoms with Crippen molar-refractivity contribution in [2.45, 2.75) is 0 Å². The number of nitrogens with one attached hydrogen (secondary N) is 1. The van der Waals surface area contributed by atoms with Gasteiger partial charge in [0.2, 0.25) is 0 Å². The lowest BCUT2D eigenvalue weighted by Gasteiger charge is -1.91. The highest BCUT2D eigenvalue weighted by molar-refractivity contribution is 9.08. The first-order valence-electron chi connectivity index (χ1n) is 3.64. The average molecular weight is 226 g/mol. The molecule has 1 aromatic heterocycles. The zero-order valence-corrected chi connectivity index (χ0v) is 8.17. The van der Waals surface area contributed by atoms with Crippen molar-refractivity contribution in [3.63, 3.8) is 0 Å². The number of rotatable bonds is 1. The Balaban J connectivity index is 2.82. The molecule has 0 saturated heterocycles. The molecule has 12 heavy (non-hydrogen) atoms. The van der Waals surface area contributed by atoms with Crippen LogP contribution < -0.4 is 5.32 Å². The third-order valence-electron chi connectivity index (χ3n) is 1.78. The Hall–Kier alpha value is -1.03. The summed E-state index contributed by atoms with van der Waals surface area (Å²) in [6.07, 6.45) is 0. The fraction of sp³-hybridized carbons (Fsp3) is 0.125. The van der Waals surface area contributed by atoms with Gasteiger partial charge in [0.15, 0.2) is 5.82 Å². The van der Waals surface area contributed by atoms with Gasteiger partial charge in [0.25, 0.3) is 0 Å². The van der Waals surface area contributed by atoms with Gasteiger partial charge in [-0.1, -0.05) is 12.1 Å². The molecule has 0 aliphatic carbocycles. The SMILES string of the molecule is CNc1nn(Br)c2ccccc12. The molecule has 0 saturated carbocycles. The van der Waals surface area contributed by atoms with Crippen LogP contribution in [0.4, 0.5) is 5.82 Å². The van der Waals surface area contributed by atoms with Crippen molar-refractivity contribution in [3.8, 4) is 0 Å². The number of benzene rings is 1. The minimum atomic E-state index is 0.891. The molecule has 1 heterocycles. The number of hydrogen-bond donors (Lipinski definition) is 1. The number of nitrogens with zero attached hydrogens (tertiary/aromatic N) is 2. The molecule has 2 aromatic rings. The summed E-state index contributed by atoms with van der Waals surface area (Å²) in [5.41, 5.74) is 1.07. The van der Waals surface area contributed by atoms with E-state index in [2.05, 4.69) is 26.6 Å². The van der Waals surface area contributed by atoms with E-state index in [1.54, 1.807) is 3.71 Å². The first-order chi connectivity index (χ1) is 5.83. The summed E-state index contributed by atoms with van der Waals surface area (Å²) in [6, 6.07) is 8.03. The number of hydrogen-bond acceptors (Lipinski definition) is 2. The van der Waals surface area contributed by atoms with Gasteiger partial charge < -0.3 is 5.32 Å². The van der Waals surface area contributed by atoms with Crippen molar-refractivity contribution in [1.29, 1.82) is 0 Å². The fourth-order valence-electron chi connectivity index (χ4n) is 1.21. The third-order valence-corrected chi connectivity index (χ3v) is 2.32. The van der Waals surface area contributed by atoms with Gasteiger partial charge in [-0.15, -0.1) is 5.10 Å². The van der Waals surface area contributed by atoms with E-state index in [1.165, 1.54) is 0 Å². The summed E-state index contributed by atoms with van der Waals surface area (Å²) in [4.78, 5) is 0. The average Bonchev–Trinajstić information content (AvgIpc) is 2.44. The van der Waals surface area contributed by atoms with Crippen LogP contribution >= 0.6 is 16.1 Å². The monoisotopic (exact) mass is 225 g/mol. The number of fused-ring (bicyclic) bond motifs is 1. The summed E-state index contributed by atoms with van der Waals surface area (Å²) in [5, 5.41) is 8.38. The van der Waals surface area contributed by atoms with Crippen LogP contribution in [0.1, 0.15) is 0 Å². The van der Waals surface area contributed by atoms with E-state index in [0.29, 0.717) is 0 Å². The van der Waals surface area contributed by atoms with Crippen molar-refractivity contribution < 1.29 is 0 Å². The highest BCUT2D eigenvalue weighted by atomic mass is 79.9. The van der Waals surface area contributed by atoms with Gasteiger partial charge >= 0.3 is 0 Å². The largest absolute Gasteiger partial charge is 0.371 e. The first kappa shape index (κ1) is 7.61. The summed E-state index contributed by atoms with van der Waals surface area (Å²) in [5.74, 6) is 0.891. The number of halogens is 1. The molecule has 4 heteroatoms. The van der Waals surface area contributed by atoms with Gasteiger partial charge in [-0.3, -0.25) is 0 Å². The van der Waals surface area contributed by atoms with Crippen LogP contribution in [0.25, 0.3) is 10.9 Å². The lowest BCUT2D eigenvalue weighted by atomic mass is 10.2. The van der Waals surface area contributed by atoms with Crippen LogP contribution in [-0.4, -0.2) is 15.9 Å². The number of aromatic nitrogens is 2. The smallest absolute Gasteiger partial charge is 0.156 e. The van der Waals surface area contributed by atoms with Crippen LogP contribution in [0.15, 0.2) is 24.3 Å². The first-order valence-corrected chi connectivity index (χ1v) is 4.35. The third kappa shape index (κ3) is 0.992. The van der Waals surface area contributed by atoms with Crippen molar-refractivity contribution in [2.24, 2.45) is 0 Å². The normalized spacial score (nSPS) is 10.5. The molecule has 0 aliphatic heterocycles. The second-order valence-electron chi connectivity index (χ2n) is 2.48. The molecule has 0 unspecified atom stereocenters. The predicted octanol–water partition coefficient (Wildman–Crippen LogP) is 2.24. The molecule has 0 radical (unpaired) electrons. The molecule has 3 nitrogen and oxygen atoms in total. The van der Waals surface area contributed by atoms with Crippen LogP contribution in [-0.2, 0) is 0 Å². The zero-order valence-electron chi connectivity index (χ0n) is 6.58. The second kappa shape index (κ2) is 2.79. The second-order valence-corrected chi connectivity index (χ2v) is 3.15. The van der Waals surface area contributed by atoms with Gasteiger partial charge in [0.1, 0.15) is 0 Å². The highest BCUT2D eigenvalue weighted by Gasteiger charge is 2.05. The van der Waals surface area contributed by atoms with Crippen LogP contribution in [0, 0.1) is 0 Å². The Morgan fingerprint density at radius 2 is 2.17 bits per heavy atom. The maximum absolute atomic E-state index is 4.23. The van der Waals surface area contributed by atoms with Crippen LogP contribution in [0.3, 0.4) is 0 Å². The molecular weight excluding hydrogens is 218 g/mol. The molecule has 1 aromatic carbocycles. The Morgan fingerprint density at radius 3 is 2.92 bits per heavy atom.